The van der Waals surface area contributed by atoms with Crippen LogP contribution in [0.2, 0.25) is 5.02 Å². The quantitative estimate of drug-likeness (QED) is 0.860. The van der Waals surface area contributed by atoms with Gasteiger partial charge < -0.3 is 10.6 Å². The Bertz CT molecular complexity index is 428. The molecule has 0 radical (unpaired) electrons. The topological polar surface area (TPSA) is 37.0 Å². The van der Waals surface area contributed by atoms with Crippen molar-refractivity contribution in [3.05, 3.63) is 23.4 Å². The zero-order valence-corrected chi connectivity index (χ0v) is 12.3. The van der Waals surface area contributed by atoms with Gasteiger partial charge in [-0.05, 0) is 37.8 Å². The van der Waals surface area contributed by atoms with Gasteiger partial charge in [-0.3, -0.25) is 0 Å². The van der Waals surface area contributed by atoms with E-state index in [1.165, 1.54) is 0 Å². The molecule has 2 N–H and O–H groups in total. The van der Waals surface area contributed by atoms with Crippen LogP contribution in [0, 0.1) is 0 Å². The monoisotopic (exact) mass is 321 g/mol. The van der Waals surface area contributed by atoms with E-state index in [0.29, 0.717) is 11.1 Å². The summed E-state index contributed by atoms with van der Waals surface area (Å²) in [6, 6.07) is 4.11. The number of anilines is 1. The van der Waals surface area contributed by atoms with E-state index in [1.54, 1.807) is 12.3 Å². The van der Waals surface area contributed by atoms with E-state index >= 15 is 0 Å². The van der Waals surface area contributed by atoms with E-state index in [1.807, 2.05) is 6.07 Å². The van der Waals surface area contributed by atoms with Gasteiger partial charge in [0.25, 0.3) is 0 Å². The average Bonchev–Trinajstić information content (AvgIpc) is 2.42. The molecule has 1 aliphatic rings. The van der Waals surface area contributed by atoms with Crippen molar-refractivity contribution in [2.24, 2.45) is 0 Å². The smallest absolute Gasteiger partial charge is 0.367 e. The van der Waals surface area contributed by atoms with E-state index in [-0.39, 0.29) is 12.6 Å². The second-order valence-corrected chi connectivity index (χ2v) is 5.81. The maximum absolute atomic E-state index is 12.1. The van der Waals surface area contributed by atoms with Crippen LogP contribution in [-0.4, -0.2) is 29.8 Å². The van der Waals surface area contributed by atoms with Crippen molar-refractivity contribution in [2.45, 2.75) is 50.4 Å². The molecule has 1 fully saturated rings. The lowest BCUT2D eigenvalue weighted by atomic mass is 9.91. The summed E-state index contributed by atoms with van der Waals surface area (Å²) in [6.07, 6.45) is 0.355. The predicted octanol–water partition coefficient (Wildman–Crippen LogP) is 4.00. The van der Waals surface area contributed by atoms with Crippen molar-refractivity contribution in [3.63, 3.8) is 0 Å². The number of nitrogens with zero attached hydrogens (tertiary/aromatic N) is 1. The Kier molecular flexibility index (Phi) is 5.70. The lowest BCUT2D eigenvalue weighted by molar-refractivity contribution is -0.133. The van der Waals surface area contributed by atoms with Crippen molar-refractivity contribution in [2.75, 3.05) is 11.9 Å². The third-order valence-corrected chi connectivity index (χ3v) is 3.87. The molecular weight excluding hydrogens is 303 g/mol. The Balaban J connectivity index is 1.67. The molecule has 1 aliphatic carbocycles. The highest BCUT2D eigenvalue weighted by atomic mass is 35.5. The van der Waals surface area contributed by atoms with E-state index in [0.717, 1.165) is 31.5 Å². The maximum Gasteiger partial charge on any atom is 0.390 e. The molecular formula is C14H19ClF3N3. The molecule has 1 heterocycles. The molecule has 118 valence electrons. The molecule has 0 bridgehead atoms. The van der Waals surface area contributed by atoms with Crippen LogP contribution in [-0.2, 0) is 0 Å². The summed E-state index contributed by atoms with van der Waals surface area (Å²) in [4.78, 5) is 4.18. The van der Waals surface area contributed by atoms with Gasteiger partial charge in [0.1, 0.15) is 5.82 Å². The van der Waals surface area contributed by atoms with E-state index in [9.17, 15) is 13.2 Å². The van der Waals surface area contributed by atoms with Crippen LogP contribution in [0.5, 0.6) is 0 Å². The molecule has 0 amide bonds. The van der Waals surface area contributed by atoms with Gasteiger partial charge in [-0.1, -0.05) is 11.6 Å². The number of hydrogen-bond acceptors (Lipinski definition) is 3. The molecule has 0 atom stereocenters. The molecule has 0 aliphatic heterocycles. The number of alkyl halides is 3. The van der Waals surface area contributed by atoms with Crippen LogP contribution in [0.15, 0.2) is 18.3 Å². The summed E-state index contributed by atoms with van der Waals surface area (Å²) in [5.74, 6) is 0.785. The molecule has 7 heteroatoms. The summed E-state index contributed by atoms with van der Waals surface area (Å²) >= 11 is 5.78. The highest BCUT2D eigenvalue weighted by Gasteiger charge is 2.27. The van der Waals surface area contributed by atoms with Gasteiger partial charge >= 0.3 is 6.18 Å². The first-order valence-corrected chi connectivity index (χ1v) is 7.48. The molecule has 1 aromatic rings. The number of aromatic nitrogens is 1. The molecule has 0 spiro atoms. The molecule has 3 nitrogen and oxygen atoms in total. The largest absolute Gasteiger partial charge is 0.390 e. The number of hydrogen-bond donors (Lipinski definition) is 2. The zero-order valence-electron chi connectivity index (χ0n) is 11.6. The Morgan fingerprint density at radius 1 is 1.14 bits per heavy atom. The third kappa shape index (κ3) is 6.09. The first-order chi connectivity index (χ1) is 9.92. The normalized spacial score (nSPS) is 23.0. The number of nitrogens with one attached hydrogen (secondary N) is 2. The Labute approximate surface area is 127 Å². The second-order valence-electron chi connectivity index (χ2n) is 5.37. The molecule has 21 heavy (non-hydrogen) atoms. The van der Waals surface area contributed by atoms with Gasteiger partial charge in [0.2, 0.25) is 0 Å². The van der Waals surface area contributed by atoms with Crippen molar-refractivity contribution in [1.29, 1.82) is 0 Å². The fourth-order valence-corrected chi connectivity index (χ4v) is 2.64. The lowest BCUT2D eigenvalue weighted by Gasteiger charge is -2.30. The summed E-state index contributed by atoms with van der Waals surface area (Å²) in [5, 5.41) is 6.92. The minimum absolute atomic E-state index is 0.00496. The number of rotatable bonds is 5. The molecule has 1 saturated carbocycles. The van der Waals surface area contributed by atoms with Crippen LogP contribution in [0.1, 0.15) is 32.1 Å². The lowest BCUT2D eigenvalue weighted by Crippen LogP contribution is -2.38. The van der Waals surface area contributed by atoms with Crippen LogP contribution in [0.4, 0.5) is 19.0 Å². The van der Waals surface area contributed by atoms with Crippen molar-refractivity contribution in [1.82, 2.24) is 10.3 Å². The van der Waals surface area contributed by atoms with Gasteiger partial charge in [-0.25, -0.2) is 4.98 Å². The molecule has 2 rings (SSSR count). The molecule has 0 unspecified atom stereocenters. The fourth-order valence-electron chi connectivity index (χ4n) is 2.53. The zero-order chi connectivity index (χ0) is 15.3. The Hall–Kier alpha value is -1.01. The molecule has 0 aromatic carbocycles. The van der Waals surface area contributed by atoms with Gasteiger partial charge in [0.15, 0.2) is 0 Å². The Morgan fingerprint density at radius 3 is 2.38 bits per heavy atom. The van der Waals surface area contributed by atoms with E-state index in [4.69, 9.17) is 11.6 Å². The molecule has 1 aromatic heterocycles. The minimum atomic E-state index is -4.08. The van der Waals surface area contributed by atoms with Gasteiger partial charge in [-0.2, -0.15) is 13.2 Å². The van der Waals surface area contributed by atoms with E-state index in [2.05, 4.69) is 15.6 Å². The van der Waals surface area contributed by atoms with Gasteiger partial charge in [0, 0.05) is 24.8 Å². The van der Waals surface area contributed by atoms with Crippen molar-refractivity contribution >= 4 is 17.4 Å². The molecule has 0 saturated heterocycles. The SMILES string of the molecule is FC(F)(F)CCNC1CCC(Nc2ccc(Cl)cn2)CC1. The Morgan fingerprint density at radius 2 is 1.81 bits per heavy atom. The van der Waals surface area contributed by atoms with Crippen LogP contribution in [0.25, 0.3) is 0 Å². The van der Waals surface area contributed by atoms with Crippen LogP contribution < -0.4 is 10.6 Å². The summed E-state index contributed by atoms with van der Waals surface area (Å²) in [7, 11) is 0. The maximum atomic E-state index is 12.1. The first kappa shape index (κ1) is 16.4. The highest BCUT2D eigenvalue weighted by Crippen LogP contribution is 2.23. The summed E-state index contributed by atoms with van der Waals surface area (Å²) < 4.78 is 36.2. The van der Waals surface area contributed by atoms with Crippen LogP contribution in [0.3, 0.4) is 0 Å². The fraction of sp³-hybridized carbons (Fsp3) is 0.643. The summed E-state index contributed by atoms with van der Waals surface area (Å²) in [6.45, 7) is 0.00496. The van der Waals surface area contributed by atoms with Gasteiger partial charge in [-0.15, -0.1) is 0 Å². The first-order valence-electron chi connectivity index (χ1n) is 7.10. The second kappa shape index (κ2) is 7.31. The van der Waals surface area contributed by atoms with Crippen molar-refractivity contribution < 1.29 is 13.2 Å². The standard InChI is InChI=1S/C14H19ClF3N3/c15-10-1-6-13(20-9-10)21-12-4-2-11(3-5-12)19-8-7-14(16,17)18/h1,6,9,11-12,19H,2-5,7-8H2,(H,20,21). The predicted molar refractivity (Wildman–Crippen MR) is 77.6 cm³/mol. The van der Waals surface area contributed by atoms with Crippen LogP contribution >= 0.6 is 11.6 Å². The van der Waals surface area contributed by atoms with Gasteiger partial charge in [0.05, 0.1) is 11.4 Å². The average molecular weight is 322 g/mol. The minimum Gasteiger partial charge on any atom is -0.367 e. The van der Waals surface area contributed by atoms with E-state index < -0.39 is 12.6 Å². The number of halogens is 4. The number of pyridine rings is 1. The summed E-state index contributed by atoms with van der Waals surface area (Å²) in [5.41, 5.74) is 0. The third-order valence-electron chi connectivity index (χ3n) is 3.65. The highest BCUT2D eigenvalue weighted by molar-refractivity contribution is 6.30. The van der Waals surface area contributed by atoms with Crippen molar-refractivity contribution in [3.8, 4) is 0 Å².